The number of allylic oxidation sites excluding steroid dienone is 1. The molecule has 0 saturated carbocycles. The molecule has 0 heterocycles. The average Bonchev–Trinajstić information content (AvgIpc) is 2.23. The van der Waals surface area contributed by atoms with Crippen LogP contribution in [-0.4, -0.2) is 5.54 Å². The molecule has 0 aliphatic rings. The number of nitrogens with two attached hydrogens (primary N) is 1. The number of hydrogen-bond donors (Lipinski definition) is 1. The molecule has 0 spiro atoms. The normalized spacial score (nSPS) is 19.3. The molecule has 0 aliphatic carbocycles. The second-order valence-corrected chi connectivity index (χ2v) is 3.83. The van der Waals surface area contributed by atoms with E-state index in [-0.39, 0.29) is 0 Å². The van der Waals surface area contributed by atoms with Crippen molar-refractivity contribution in [3.8, 4) is 0 Å². The van der Waals surface area contributed by atoms with Crippen LogP contribution >= 0.6 is 0 Å². The van der Waals surface area contributed by atoms with Crippen LogP contribution < -0.4 is 5.73 Å². The first-order chi connectivity index (χ1) is 6.50. The molecule has 3 heteroatoms. The first-order valence-electron chi connectivity index (χ1n) is 4.93. The number of hydrogen-bond acceptors (Lipinski definition) is 3. The SMILES string of the molecule is CCC(C)/C=C\[C@](C)(N=O)/C(C)=C\N. The molecule has 2 N–H and O–H groups in total. The molecule has 0 aliphatic heterocycles. The van der Waals surface area contributed by atoms with Gasteiger partial charge >= 0.3 is 0 Å². The third-order valence-electron chi connectivity index (χ3n) is 2.63. The fourth-order valence-electron chi connectivity index (χ4n) is 0.890. The Balaban J connectivity index is 4.72. The maximum atomic E-state index is 10.7. The Hall–Kier alpha value is -1.12. The molecule has 0 amide bonds. The van der Waals surface area contributed by atoms with Crippen molar-refractivity contribution in [3.63, 3.8) is 0 Å². The van der Waals surface area contributed by atoms with Crippen molar-refractivity contribution in [2.75, 3.05) is 0 Å². The lowest BCUT2D eigenvalue weighted by Crippen LogP contribution is -2.20. The summed E-state index contributed by atoms with van der Waals surface area (Å²) in [6.07, 6.45) is 6.32. The number of rotatable bonds is 5. The molecule has 0 radical (unpaired) electrons. The third-order valence-corrected chi connectivity index (χ3v) is 2.63. The van der Waals surface area contributed by atoms with Crippen LogP contribution in [0.5, 0.6) is 0 Å². The van der Waals surface area contributed by atoms with Crippen LogP contribution in [0.25, 0.3) is 0 Å². The monoisotopic (exact) mass is 196 g/mol. The minimum absolute atomic E-state index is 0.460. The predicted molar refractivity (Wildman–Crippen MR) is 60.7 cm³/mol. The Morgan fingerprint density at radius 2 is 2.21 bits per heavy atom. The van der Waals surface area contributed by atoms with Crippen LogP contribution in [0.2, 0.25) is 0 Å². The van der Waals surface area contributed by atoms with Crippen LogP contribution in [-0.2, 0) is 0 Å². The van der Waals surface area contributed by atoms with E-state index in [1.54, 1.807) is 6.92 Å². The first-order valence-corrected chi connectivity index (χ1v) is 4.93. The summed E-state index contributed by atoms with van der Waals surface area (Å²) in [5, 5.41) is 3.11. The van der Waals surface area contributed by atoms with Gasteiger partial charge in [0.1, 0.15) is 5.54 Å². The van der Waals surface area contributed by atoms with Crippen molar-refractivity contribution >= 4 is 0 Å². The lowest BCUT2D eigenvalue weighted by molar-refractivity contribution is 0.648. The fourth-order valence-corrected chi connectivity index (χ4v) is 0.890. The van der Waals surface area contributed by atoms with E-state index in [0.717, 1.165) is 12.0 Å². The molecule has 0 rings (SSSR count). The van der Waals surface area contributed by atoms with Crippen molar-refractivity contribution < 1.29 is 0 Å². The van der Waals surface area contributed by atoms with E-state index in [9.17, 15) is 4.91 Å². The van der Waals surface area contributed by atoms with E-state index >= 15 is 0 Å². The Labute approximate surface area is 86.0 Å². The predicted octanol–water partition coefficient (Wildman–Crippen LogP) is 2.98. The summed E-state index contributed by atoms with van der Waals surface area (Å²) in [6.45, 7) is 7.77. The van der Waals surface area contributed by atoms with Crippen LogP contribution in [0.1, 0.15) is 34.1 Å². The van der Waals surface area contributed by atoms with Gasteiger partial charge in [0.15, 0.2) is 0 Å². The van der Waals surface area contributed by atoms with Gasteiger partial charge in [-0.05, 0) is 31.5 Å². The molecule has 14 heavy (non-hydrogen) atoms. The van der Waals surface area contributed by atoms with Gasteiger partial charge in [-0.2, -0.15) is 0 Å². The second kappa shape index (κ2) is 5.58. The average molecular weight is 196 g/mol. The van der Waals surface area contributed by atoms with Crippen LogP contribution in [0.15, 0.2) is 29.1 Å². The molecule has 0 saturated heterocycles. The first kappa shape index (κ1) is 12.9. The highest BCUT2D eigenvalue weighted by Gasteiger charge is 2.23. The molecule has 1 unspecified atom stereocenters. The molecular formula is C11H20N2O. The molecule has 0 fully saturated rings. The number of nitrogens with zero attached hydrogens (tertiary/aromatic N) is 1. The quantitative estimate of drug-likeness (QED) is 0.543. The molecule has 80 valence electrons. The third kappa shape index (κ3) is 3.32. The highest BCUT2D eigenvalue weighted by Crippen LogP contribution is 2.22. The van der Waals surface area contributed by atoms with Gasteiger partial charge in [0, 0.05) is 0 Å². The summed E-state index contributed by atoms with van der Waals surface area (Å²) < 4.78 is 0. The molecule has 0 bridgehead atoms. The standard InChI is InChI=1S/C11H20N2O/c1-5-9(2)6-7-11(4,13-14)10(3)8-12/h6-9H,5,12H2,1-4H3/b7-6-,10-8-/t9?,11-/m0/s1. The van der Waals surface area contributed by atoms with Gasteiger partial charge in [-0.15, -0.1) is 4.91 Å². The van der Waals surface area contributed by atoms with E-state index < -0.39 is 5.54 Å². The molecule has 0 aromatic rings. The highest BCUT2D eigenvalue weighted by molar-refractivity contribution is 5.25. The Kier molecular flexibility index (Phi) is 5.13. The second-order valence-electron chi connectivity index (χ2n) is 3.83. The van der Waals surface area contributed by atoms with Gasteiger partial charge in [0.2, 0.25) is 0 Å². The minimum Gasteiger partial charge on any atom is -0.405 e. The van der Waals surface area contributed by atoms with Gasteiger partial charge < -0.3 is 5.73 Å². The lowest BCUT2D eigenvalue weighted by Gasteiger charge is -2.18. The smallest absolute Gasteiger partial charge is 0.140 e. The van der Waals surface area contributed by atoms with Crippen molar-refractivity contribution in [1.29, 1.82) is 0 Å². The van der Waals surface area contributed by atoms with Gasteiger partial charge in [-0.25, -0.2) is 0 Å². The van der Waals surface area contributed by atoms with Gasteiger partial charge in [-0.1, -0.05) is 37.6 Å². The maximum absolute atomic E-state index is 10.7. The fraction of sp³-hybridized carbons (Fsp3) is 0.636. The maximum Gasteiger partial charge on any atom is 0.140 e. The van der Waals surface area contributed by atoms with Crippen LogP contribution in [0.3, 0.4) is 0 Å². The topological polar surface area (TPSA) is 55.5 Å². The Morgan fingerprint density at radius 1 is 1.64 bits per heavy atom. The van der Waals surface area contributed by atoms with E-state index in [2.05, 4.69) is 19.0 Å². The van der Waals surface area contributed by atoms with Crippen molar-refractivity contribution in [2.45, 2.75) is 39.7 Å². The summed E-state index contributed by atoms with van der Waals surface area (Å²) in [6, 6.07) is 0. The van der Waals surface area contributed by atoms with E-state index in [1.807, 2.05) is 19.1 Å². The van der Waals surface area contributed by atoms with Crippen molar-refractivity contribution in [2.24, 2.45) is 16.8 Å². The number of nitroso groups, excluding NO2 is 1. The Bertz CT molecular complexity index is 246. The zero-order valence-electron chi connectivity index (χ0n) is 9.45. The summed E-state index contributed by atoms with van der Waals surface area (Å²) in [4.78, 5) is 10.7. The molecule has 3 nitrogen and oxygen atoms in total. The van der Waals surface area contributed by atoms with Crippen LogP contribution in [0.4, 0.5) is 0 Å². The van der Waals surface area contributed by atoms with E-state index in [0.29, 0.717) is 5.92 Å². The van der Waals surface area contributed by atoms with Gasteiger partial charge in [-0.3, -0.25) is 0 Å². The largest absolute Gasteiger partial charge is 0.405 e. The molecular weight excluding hydrogens is 176 g/mol. The zero-order chi connectivity index (χ0) is 11.2. The molecule has 0 aromatic heterocycles. The summed E-state index contributed by atoms with van der Waals surface area (Å²) in [5.74, 6) is 0.460. The summed E-state index contributed by atoms with van der Waals surface area (Å²) in [7, 11) is 0. The Morgan fingerprint density at radius 3 is 2.57 bits per heavy atom. The highest BCUT2D eigenvalue weighted by atomic mass is 16.3. The van der Waals surface area contributed by atoms with Crippen molar-refractivity contribution in [3.05, 3.63) is 28.8 Å². The van der Waals surface area contributed by atoms with Crippen LogP contribution in [0, 0.1) is 10.8 Å². The van der Waals surface area contributed by atoms with Gasteiger partial charge in [0.25, 0.3) is 0 Å². The zero-order valence-corrected chi connectivity index (χ0v) is 9.45. The summed E-state index contributed by atoms with van der Waals surface area (Å²) in [5.41, 5.74) is 5.35. The minimum atomic E-state index is -0.793. The van der Waals surface area contributed by atoms with E-state index in [4.69, 9.17) is 5.73 Å². The lowest BCUT2D eigenvalue weighted by atomic mass is 9.92. The summed E-state index contributed by atoms with van der Waals surface area (Å²) >= 11 is 0. The molecule has 0 aromatic carbocycles. The van der Waals surface area contributed by atoms with Crippen molar-refractivity contribution in [1.82, 2.24) is 0 Å². The van der Waals surface area contributed by atoms with Gasteiger partial charge in [0.05, 0.1) is 0 Å². The molecule has 2 atom stereocenters. The van der Waals surface area contributed by atoms with E-state index in [1.165, 1.54) is 6.20 Å².